The summed E-state index contributed by atoms with van der Waals surface area (Å²) in [6.45, 7) is -0.644. The maximum absolute atomic E-state index is 13.0. The van der Waals surface area contributed by atoms with Crippen molar-refractivity contribution in [2.24, 2.45) is 5.10 Å². The molecule has 1 aliphatic rings. The van der Waals surface area contributed by atoms with E-state index in [0.717, 1.165) is 16.2 Å². The van der Waals surface area contributed by atoms with Crippen molar-refractivity contribution in [3.8, 4) is 11.5 Å². The van der Waals surface area contributed by atoms with E-state index in [-0.39, 0.29) is 12.6 Å². The molecule has 3 aromatic rings. The summed E-state index contributed by atoms with van der Waals surface area (Å²) in [5.74, 6) is 0.0641. The average molecular weight is 456 g/mol. The molecule has 3 heterocycles. The molecule has 0 unspecified atom stereocenters. The standard InChI is InChI=1S/C20H20N6O5S/c1-29-16-6-5-13(8-17(16)30-2)15-9-14(18-4-3-7-32-18)22-26(15)19(27)11-31-20(28)10-25-12-21-23-24-25/h3-8,12,15H,9-11H2,1-2H3/t15-/m1/s1. The van der Waals surface area contributed by atoms with E-state index in [1.807, 2.05) is 29.6 Å². The van der Waals surface area contributed by atoms with Crippen LogP contribution in [0.2, 0.25) is 0 Å². The van der Waals surface area contributed by atoms with Gasteiger partial charge >= 0.3 is 5.97 Å². The first-order chi connectivity index (χ1) is 15.6. The lowest BCUT2D eigenvalue weighted by Crippen LogP contribution is -2.32. The van der Waals surface area contributed by atoms with Crippen LogP contribution in [0.1, 0.15) is 22.9 Å². The number of hydrazone groups is 1. The highest BCUT2D eigenvalue weighted by atomic mass is 32.1. The number of carbonyl (C=O) groups is 2. The highest BCUT2D eigenvalue weighted by Gasteiger charge is 2.34. The van der Waals surface area contributed by atoms with Gasteiger partial charge in [-0.1, -0.05) is 12.1 Å². The van der Waals surface area contributed by atoms with Gasteiger partial charge in [0.25, 0.3) is 5.91 Å². The molecule has 4 rings (SSSR count). The maximum atomic E-state index is 13.0. The molecule has 32 heavy (non-hydrogen) atoms. The van der Waals surface area contributed by atoms with E-state index in [0.29, 0.717) is 17.9 Å². The van der Waals surface area contributed by atoms with Gasteiger partial charge in [-0.05, 0) is 39.6 Å². The van der Waals surface area contributed by atoms with Crippen LogP contribution in [0.4, 0.5) is 0 Å². The number of ether oxygens (including phenoxy) is 3. The van der Waals surface area contributed by atoms with Crippen LogP contribution in [0.15, 0.2) is 47.1 Å². The summed E-state index contributed by atoms with van der Waals surface area (Å²) in [5.41, 5.74) is 1.61. The number of thiophene rings is 1. The van der Waals surface area contributed by atoms with Crippen LogP contribution in [-0.2, 0) is 20.9 Å². The Balaban J connectivity index is 1.53. The Kier molecular flexibility index (Phi) is 6.40. The topological polar surface area (TPSA) is 121 Å². The number of carbonyl (C=O) groups excluding carboxylic acids is 2. The van der Waals surface area contributed by atoms with Crippen molar-refractivity contribution in [1.82, 2.24) is 25.2 Å². The average Bonchev–Trinajstić information content (AvgIpc) is 3.58. The number of esters is 1. The summed E-state index contributed by atoms with van der Waals surface area (Å²) in [7, 11) is 3.11. The molecular weight excluding hydrogens is 436 g/mol. The second-order valence-electron chi connectivity index (χ2n) is 6.76. The van der Waals surface area contributed by atoms with Gasteiger partial charge in [0.1, 0.15) is 12.9 Å². The lowest BCUT2D eigenvalue weighted by atomic mass is 10.0. The first-order valence-corrected chi connectivity index (χ1v) is 10.5. The minimum Gasteiger partial charge on any atom is -0.493 e. The molecule has 166 valence electrons. The van der Waals surface area contributed by atoms with Crippen LogP contribution in [-0.4, -0.2) is 63.6 Å². The SMILES string of the molecule is COc1ccc([C@H]2CC(c3cccs3)=NN2C(=O)COC(=O)Cn2cnnn2)cc1OC. The Labute approximate surface area is 187 Å². The molecule has 12 heteroatoms. The molecule has 0 N–H and O–H groups in total. The van der Waals surface area contributed by atoms with Gasteiger partial charge in [0, 0.05) is 6.42 Å². The monoisotopic (exact) mass is 456 g/mol. The Morgan fingerprint density at radius 1 is 1.19 bits per heavy atom. The third-order valence-electron chi connectivity index (χ3n) is 4.80. The lowest BCUT2D eigenvalue weighted by Gasteiger charge is -2.22. The van der Waals surface area contributed by atoms with Gasteiger partial charge in [0.05, 0.1) is 30.9 Å². The van der Waals surface area contributed by atoms with Crippen molar-refractivity contribution in [3.63, 3.8) is 0 Å². The van der Waals surface area contributed by atoms with Gasteiger partial charge in [0.2, 0.25) is 0 Å². The van der Waals surface area contributed by atoms with Crippen molar-refractivity contribution in [1.29, 1.82) is 0 Å². The van der Waals surface area contributed by atoms with Crippen molar-refractivity contribution >= 4 is 28.9 Å². The van der Waals surface area contributed by atoms with Gasteiger partial charge in [-0.25, -0.2) is 9.69 Å². The van der Waals surface area contributed by atoms with E-state index in [1.165, 1.54) is 16.0 Å². The van der Waals surface area contributed by atoms with Gasteiger partial charge in [-0.15, -0.1) is 16.4 Å². The minimum atomic E-state index is -0.630. The van der Waals surface area contributed by atoms with Crippen LogP contribution in [0.5, 0.6) is 11.5 Å². The van der Waals surface area contributed by atoms with Gasteiger partial charge in [-0.3, -0.25) is 9.59 Å². The lowest BCUT2D eigenvalue weighted by molar-refractivity contribution is -0.153. The minimum absolute atomic E-state index is 0.191. The molecule has 0 saturated heterocycles. The molecule has 1 atom stereocenters. The molecule has 1 aromatic carbocycles. The number of tetrazole rings is 1. The van der Waals surface area contributed by atoms with Crippen LogP contribution in [0.25, 0.3) is 0 Å². The fraction of sp³-hybridized carbons (Fsp3) is 0.300. The molecule has 2 aromatic heterocycles. The molecule has 0 bridgehead atoms. The number of methoxy groups -OCH3 is 2. The molecule has 1 aliphatic heterocycles. The highest BCUT2D eigenvalue weighted by Crippen LogP contribution is 2.37. The molecule has 0 radical (unpaired) electrons. The smallest absolute Gasteiger partial charge is 0.328 e. The zero-order chi connectivity index (χ0) is 22.5. The van der Waals surface area contributed by atoms with Crippen molar-refractivity contribution in [2.75, 3.05) is 20.8 Å². The Morgan fingerprint density at radius 3 is 2.72 bits per heavy atom. The predicted octanol–water partition coefficient (Wildman–Crippen LogP) is 1.67. The van der Waals surface area contributed by atoms with Gasteiger partial charge < -0.3 is 14.2 Å². The summed E-state index contributed by atoms with van der Waals surface area (Å²) >= 11 is 1.54. The van der Waals surface area contributed by atoms with Gasteiger partial charge in [-0.2, -0.15) is 5.10 Å². The van der Waals surface area contributed by atoms with Gasteiger partial charge in [0.15, 0.2) is 18.1 Å². The van der Waals surface area contributed by atoms with Crippen LogP contribution < -0.4 is 9.47 Å². The third kappa shape index (κ3) is 4.59. The Morgan fingerprint density at radius 2 is 2.03 bits per heavy atom. The summed E-state index contributed by atoms with van der Waals surface area (Å²) in [4.78, 5) is 26.0. The maximum Gasteiger partial charge on any atom is 0.328 e. The summed E-state index contributed by atoms with van der Waals surface area (Å²) < 4.78 is 17.1. The molecule has 11 nitrogen and oxygen atoms in total. The van der Waals surface area contributed by atoms with E-state index in [1.54, 1.807) is 31.6 Å². The molecule has 0 spiro atoms. The largest absolute Gasteiger partial charge is 0.493 e. The second kappa shape index (κ2) is 9.56. The van der Waals surface area contributed by atoms with Crippen molar-refractivity contribution in [2.45, 2.75) is 19.0 Å². The molecular formula is C20H20N6O5S. The van der Waals surface area contributed by atoms with E-state index >= 15 is 0 Å². The van der Waals surface area contributed by atoms with E-state index in [9.17, 15) is 9.59 Å². The number of hydrogen-bond acceptors (Lipinski definition) is 10. The number of rotatable bonds is 8. The summed E-state index contributed by atoms with van der Waals surface area (Å²) in [6.07, 6.45) is 1.80. The van der Waals surface area contributed by atoms with E-state index in [2.05, 4.69) is 20.6 Å². The van der Waals surface area contributed by atoms with Crippen LogP contribution >= 0.6 is 11.3 Å². The Bertz CT molecular complexity index is 1120. The first-order valence-electron chi connectivity index (χ1n) is 9.60. The summed E-state index contributed by atoms with van der Waals surface area (Å²) in [6, 6.07) is 8.97. The fourth-order valence-corrected chi connectivity index (χ4v) is 4.01. The number of nitrogens with zero attached hydrogens (tertiary/aromatic N) is 6. The normalized spacial score (nSPS) is 15.4. The molecule has 1 amide bonds. The number of hydrogen-bond donors (Lipinski definition) is 0. The quantitative estimate of drug-likeness (QED) is 0.469. The van der Waals surface area contributed by atoms with Crippen molar-refractivity contribution < 1.29 is 23.8 Å². The fourth-order valence-electron chi connectivity index (χ4n) is 3.29. The molecule has 0 saturated carbocycles. The number of amides is 1. The van der Waals surface area contributed by atoms with E-state index < -0.39 is 18.5 Å². The number of aromatic nitrogens is 4. The second-order valence-corrected chi connectivity index (χ2v) is 7.71. The zero-order valence-electron chi connectivity index (χ0n) is 17.4. The van der Waals surface area contributed by atoms with E-state index in [4.69, 9.17) is 14.2 Å². The highest BCUT2D eigenvalue weighted by molar-refractivity contribution is 7.12. The predicted molar refractivity (Wildman–Crippen MR) is 113 cm³/mol. The summed E-state index contributed by atoms with van der Waals surface area (Å²) in [5, 5.41) is 18.4. The van der Waals surface area contributed by atoms with Crippen LogP contribution in [0.3, 0.4) is 0 Å². The first kappa shape index (κ1) is 21.4. The van der Waals surface area contributed by atoms with Crippen LogP contribution in [0, 0.1) is 0 Å². The molecule has 0 fully saturated rings. The number of benzene rings is 1. The molecule has 0 aliphatic carbocycles. The van der Waals surface area contributed by atoms with Crippen molar-refractivity contribution in [3.05, 3.63) is 52.5 Å². The zero-order valence-corrected chi connectivity index (χ0v) is 18.2. The Hall–Kier alpha value is -3.80. The third-order valence-corrected chi connectivity index (χ3v) is 5.72.